The summed E-state index contributed by atoms with van der Waals surface area (Å²) in [6.07, 6.45) is 3.19. The van der Waals surface area contributed by atoms with Crippen LogP contribution in [0.4, 0.5) is 0 Å². The number of aliphatic hydroxyl groups excluding tert-OH is 1. The number of pyridine rings is 1. The van der Waals surface area contributed by atoms with Gasteiger partial charge in [0.15, 0.2) is 0 Å². The first kappa shape index (κ1) is 23.6. The van der Waals surface area contributed by atoms with E-state index in [0.29, 0.717) is 17.3 Å². The van der Waals surface area contributed by atoms with Crippen LogP contribution in [0.15, 0.2) is 36.7 Å². The number of hydrogen-bond donors (Lipinski definition) is 1. The van der Waals surface area contributed by atoms with Gasteiger partial charge in [-0.1, -0.05) is 45.4 Å². The van der Waals surface area contributed by atoms with Crippen LogP contribution in [-0.4, -0.2) is 32.4 Å². The van der Waals surface area contributed by atoms with Crippen molar-refractivity contribution in [1.29, 1.82) is 0 Å². The average Bonchev–Trinajstić information content (AvgIpc) is 3.14. The first-order valence-corrected chi connectivity index (χ1v) is 9.87. The molecule has 0 fully saturated rings. The third-order valence-corrected chi connectivity index (χ3v) is 3.75. The van der Waals surface area contributed by atoms with Crippen molar-refractivity contribution in [2.24, 2.45) is 0 Å². The maximum atomic E-state index is 11.9. The Bertz CT molecular complexity index is 894. The summed E-state index contributed by atoms with van der Waals surface area (Å²) >= 11 is 5.98. The molecule has 3 aromatic rings. The molecule has 1 aromatic carbocycles. The van der Waals surface area contributed by atoms with Gasteiger partial charge in [0.05, 0.1) is 30.3 Å². The van der Waals surface area contributed by atoms with E-state index < -0.39 is 5.97 Å². The smallest absolute Gasteiger partial charge is 0.341 e. The van der Waals surface area contributed by atoms with Gasteiger partial charge in [-0.25, -0.2) is 4.79 Å². The van der Waals surface area contributed by atoms with Crippen LogP contribution in [0.3, 0.4) is 0 Å². The number of rotatable bonds is 5. The van der Waals surface area contributed by atoms with Gasteiger partial charge < -0.3 is 9.84 Å². The van der Waals surface area contributed by atoms with Crippen LogP contribution in [0.2, 0.25) is 5.02 Å². The number of nitrogens with zero attached hydrogens (tertiary/aromatic N) is 3. The van der Waals surface area contributed by atoms with E-state index in [4.69, 9.17) is 16.3 Å². The molecule has 0 radical (unpaired) electrons. The Kier molecular flexibility index (Phi) is 10.2. The molecule has 2 aromatic heterocycles. The number of esters is 1. The largest absolute Gasteiger partial charge is 0.462 e. The van der Waals surface area contributed by atoms with Crippen LogP contribution in [0.5, 0.6) is 0 Å². The van der Waals surface area contributed by atoms with Crippen molar-refractivity contribution in [3.8, 4) is 0 Å². The Morgan fingerprint density at radius 3 is 2.57 bits per heavy atom. The topological polar surface area (TPSA) is 77.2 Å². The van der Waals surface area contributed by atoms with E-state index in [-0.39, 0.29) is 18.8 Å². The van der Waals surface area contributed by atoms with Crippen molar-refractivity contribution in [2.75, 3.05) is 6.61 Å². The Balaban J connectivity index is 0.000000921. The zero-order valence-corrected chi connectivity index (χ0v) is 17.8. The molecule has 0 amide bonds. The molecular formula is C21H28ClN3O3. The number of aliphatic hydroxyl groups is 1. The zero-order valence-electron chi connectivity index (χ0n) is 17.1. The summed E-state index contributed by atoms with van der Waals surface area (Å²) < 4.78 is 6.59. The van der Waals surface area contributed by atoms with Crippen LogP contribution in [0, 0.1) is 0 Å². The highest BCUT2D eigenvalue weighted by Crippen LogP contribution is 2.19. The fraction of sp³-hybridized carbons (Fsp3) is 0.381. The predicted molar refractivity (Wildman–Crippen MR) is 113 cm³/mol. The lowest BCUT2D eigenvalue weighted by Crippen LogP contribution is -2.06. The molecule has 0 aliphatic carbocycles. The highest BCUT2D eigenvalue weighted by atomic mass is 35.5. The van der Waals surface area contributed by atoms with E-state index in [1.807, 2.05) is 52.0 Å². The van der Waals surface area contributed by atoms with Crippen molar-refractivity contribution >= 4 is 28.5 Å². The predicted octanol–water partition coefficient (Wildman–Crippen LogP) is 4.85. The molecule has 0 aliphatic heterocycles. The molecule has 6 nitrogen and oxygen atoms in total. The second-order valence-electron chi connectivity index (χ2n) is 5.25. The van der Waals surface area contributed by atoms with E-state index in [2.05, 4.69) is 10.1 Å². The summed E-state index contributed by atoms with van der Waals surface area (Å²) in [5.41, 5.74) is 2.42. The molecular weight excluding hydrogens is 378 g/mol. The molecule has 2 heterocycles. The lowest BCUT2D eigenvalue weighted by Gasteiger charge is -2.04. The van der Waals surface area contributed by atoms with Crippen molar-refractivity contribution in [2.45, 2.75) is 47.8 Å². The molecule has 0 spiro atoms. The van der Waals surface area contributed by atoms with Gasteiger partial charge in [-0.05, 0) is 30.7 Å². The standard InChI is InChI=1S/C17H16ClN3O3.2C2H6/c1-2-24-17(23)14-9-21(20-16(14)10-22)8-11-3-4-15-12(5-11)6-13(18)7-19-15;2*1-2/h3-7,9,22H,2,8,10H2,1H3;2*1-2H3. The Labute approximate surface area is 171 Å². The summed E-state index contributed by atoms with van der Waals surface area (Å²) in [5, 5.41) is 15.1. The van der Waals surface area contributed by atoms with Crippen LogP contribution in [0.1, 0.15) is 56.2 Å². The van der Waals surface area contributed by atoms with E-state index in [1.54, 1.807) is 24.0 Å². The summed E-state index contributed by atoms with van der Waals surface area (Å²) in [4.78, 5) is 16.1. The van der Waals surface area contributed by atoms with Gasteiger partial charge in [-0.15, -0.1) is 0 Å². The number of carbonyl (C=O) groups is 1. The van der Waals surface area contributed by atoms with Gasteiger partial charge in [0.1, 0.15) is 11.3 Å². The molecule has 0 saturated heterocycles. The number of hydrogen-bond acceptors (Lipinski definition) is 5. The van der Waals surface area contributed by atoms with Crippen LogP contribution >= 0.6 is 11.6 Å². The Hall–Kier alpha value is -2.44. The molecule has 152 valence electrons. The highest BCUT2D eigenvalue weighted by Gasteiger charge is 2.17. The average molecular weight is 406 g/mol. The quantitative estimate of drug-likeness (QED) is 0.613. The molecule has 0 atom stereocenters. The molecule has 1 N–H and O–H groups in total. The lowest BCUT2D eigenvalue weighted by molar-refractivity contribution is 0.0522. The monoisotopic (exact) mass is 405 g/mol. The molecule has 0 bridgehead atoms. The molecule has 0 unspecified atom stereocenters. The molecule has 0 aliphatic rings. The minimum absolute atomic E-state index is 0.271. The summed E-state index contributed by atoms with van der Waals surface area (Å²) in [6.45, 7) is 10.1. The number of aromatic nitrogens is 3. The van der Waals surface area contributed by atoms with Gasteiger partial charge in [-0.2, -0.15) is 5.10 Å². The highest BCUT2D eigenvalue weighted by molar-refractivity contribution is 6.31. The molecule has 7 heteroatoms. The van der Waals surface area contributed by atoms with Crippen molar-refractivity contribution in [3.63, 3.8) is 0 Å². The summed E-state index contributed by atoms with van der Waals surface area (Å²) in [6, 6.07) is 7.66. The number of fused-ring (bicyclic) bond motifs is 1. The third-order valence-electron chi connectivity index (χ3n) is 3.54. The molecule has 3 rings (SSSR count). The van der Waals surface area contributed by atoms with Crippen LogP contribution in [-0.2, 0) is 17.9 Å². The second-order valence-corrected chi connectivity index (χ2v) is 5.68. The van der Waals surface area contributed by atoms with Crippen molar-refractivity contribution in [3.05, 3.63) is 58.5 Å². The van der Waals surface area contributed by atoms with Gasteiger partial charge in [0.25, 0.3) is 0 Å². The van der Waals surface area contributed by atoms with Crippen LogP contribution in [0.25, 0.3) is 10.9 Å². The normalized spacial score (nSPS) is 9.82. The maximum Gasteiger partial charge on any atom is 0.341 e. The number of ether oxygens (including phenoxy) is 1. The lowest BCUT2D eigenvalue weighted by atomic mass is 10.1. The van der Waals surface area contributed by atoms with E-state index in [9.17, 15) is 9.90 Å². The SMILES string of the molecule is CC.CC.CCOC(=O)c1cn(Cc2ccc3ncc(Cl)cc3c2)nc1CO. The van der Waals surface area contributed by atoms with Crippen molar-refractivity contribution < 1.29 is 14.6 Å². The van der Waals surface area contributed by atoms with Gasteiger partial charge in [-0.3, -0.25) is 9.67 Å². The first-order chi connectivity index (χ1) is 13.6. The Morgan fingerprint density at radius 1 is 1.21 bits per heavy atom. The van der Waals surface area contributed by atoms with E-state index in [0.717, 1.165) is 16.5 Å². The van der Waals surface area contributed by atoms with Crippen LogP contribution < -0.4 is 0 Å². The molecule has 0 saturated carbocycles. The minimum atomic E-state index is -0.484. The Morgan fingerprint density at radius 2 is 1.93 bits per heavy atom. The summed E-state index contributed by atoms with van der Waals surface area (Å²) in [7, 11) is 0. The van der Waals surface area contributed by atoms with Gasteiger partial charge in [0.2, 0.25) is 0 Å². The fourth-order valence-corrected chi connectivity index (χ4v) is 2.64. The van der Waals surface area contributed by atoms with Gasteiger partial charge >= 0.3 is 5.97 Å². The second kappa shape index (κ2) is 12.1. The molecule has 28 heavy (non-hydrogen) atoms. The van der Waals surface area contributed by atoms with Gasteiger partial charge in [0, 0.05) is 17.8 Å². The number of benzene rings is 1. The summed E-state index contributed by atoms with van der Waals surface area (Å²) in [5.74, 6) is -0.484. The fourth-order valence-electron chi connectivity index (χ4n) is 2.48. The van der Waals surface area contributed by atoms with Crippen molar-refractivity contribution in [1.82, 2.24) is 14.8 Å². The maximum absolute atomic E-state index is 11.9. The van der Waals surface area contributed by atoms with E-state index in [1.165, 1.54) is 0 Å². The first-order valence-electron chi connectivity index (χ1n) is 9.49. The number of halogens is 1. The number of carbonyl (C=O) groups excluding carboxylic acids is 1. The van der Waals surface area contributed by atoms with E-state index >= 15 is 0 Å². The minimum Gasteiger partial charge on any atom is -0.462 e. The third kappa shape index (κ3) is 6.04. The zero-order chi connectivity index (χ0) is 21.1.